The molecule has 4 aliphatic rings. The van der Waals surface area contributed by atoms with E-state index >= 15 is 0 Å². The standard InChI is InChI=1S/C21H26O2S/c1-20-9-7-15(22)11-14(20)3-4-16-17-5-6-18(23)21(17,2)12-13(8-10-24)19(16)20/h11,13,16-17,19,24H,3-7,9,12H2,1-2H3. The lowest BCUT2D eigenvalue weighted by molar-refractivity contribution is -0.135. The zero-order chi connectivity index (χ0) is 17.1. The third-order valence-corrected chi connectivity index (χ3v) is 8.01. The molecule has 0 N–H and O–H groups in total. The summed E-state index contributed by atoms with van der Waals surface area (Å²) in [5, 5.41) is 2.85. The third-order valence-electron chi connectivity index (χ3n) is 7.89. The first-order chi connectivity index (χ1) is 11.4. The Kier molecular flexibility index (Phi) is 3.77. The Bertz CT molecular complexity index is 696. The number of allylic oxidation sites excluding steroid dienone is 1. The van der Waals surface area contributed by atoms with E-state index in [4.69, 9.17) is 0 Å². The van der Waals surface area contributed by atoms with Gasteiger partial charge >= 0.3 is 0 Å². The first-order valence-electron chi connectivity index (χ1n) is 9.32. The topological polar surface area (TPSA) is 34.1 Å². The van der Waals surface area contributed by atoms with E-state index in [0.29, 0.717) is 30.0 Å². The maximum Gasteiger partial charge on any atom is 0.155 e. The fraction of sp³-hybridized carbons (Fsp3) is 0.714. The molecule has 2 nitrogen and oxygen atoms in total. The molecule has 4 aliphatic carbocycles. The smallest absolute Gasteiger partial charge is 0.155 e. The van der Waals surface area contributed by atoms with Crippen LogP contribution in [0.1, 0.15) is 58.8 Å². The molecular weight excluding hydrogens is 316 g/mol. The number of ketones is 2. The van der Waals surface area contributed by atoms with Gasteiger partial charge in [-0.25, -0.2) is 0 Å². The summed E-state index contributed by atoms with van der Waals surface area (Å²) in [5.74, 6) is 5.84. The van der Waals surface area contributed by atoms with Gasteiger partial charge in [-0.1, -0.05) is 38.0 Å². The fourth-order valence-corrected chi connectivity index (χ4v) is 6.90. The van der Waals surface area contributed by atoms with E-state index in [1.165, 1.54) is 5.57 Å². The van der Waals surface area contributed by atoms with E-state index in [2.05, 4.69) is 37.6 Å². The second kappa shape index (κ2) is 5.49. The Hall–Kier alpha value is -1.01. The molecule has 24 heavy (non-hydrogen) atoms. The summed E-state index contributed by atoms with van der Waals surface area (Å²) >= 11 is 4.18. The second-order valence-corrected chi connectivity index (χ2v) is 9.06. The molecule has 6 atom stereocenters. The summed E-state index contributed by atoms with van der Waals surface area (Å²) in [7, 11) is 0. The summed E-state index contributed by atoms with van der Waals surface area (Å²) in [4.78, 5) is 24.6. The minimum Gasteiger partial charge on any atom is -0.299 e. The van der Waals surface area contributed by atoms with Crippen LogP contribution < -0.4 is 0 Å². The highest BCUT2D eigenvalue weighted by atomic mass is 32.1. The van der Waals surface area contributed by atoms with Gasteiger partial charge in [0.2, 0.25) is 0 Å². The SMILES string of the molecule is CC12CC(C#CS)C3C(CCC4=CC(=O)CCC43C)C1CCC2=O. The number of thiol groups is 1. The van der Waals surface area contributed by atoms with Crippen molar-refractivity contribution >= 4 is 24.2 Å². The van der Waals surface area contributed by atoms with E-state index in [9.17, 15) is 9.59 Å². The third kappa shape index (κ3) is 2.11. The predicted molar refractivity (Wildman–Crippen MR) is 97.4 cm³/mol. The molecule has 6 unspecified atom stereocenters. The summed E-state index contributed by atoms with van der Waals surface area (Å²) in [6, 6.07) is 0. The molecule has 0 bridgehead atoms. The van der Waals surface area contributed by atoms with Gasteiger partial charge in [0.25, 0.3) is 0 Å². The maximum atomic E-state index is 12.6. The molecule has 3 fully saturated rings. The van der Waals surface area contributed by atoms with Crippen LogP contribution in [0, 0.1) is 45.7 Å². The zero-order valence-corrected chi connectivity index (χ0v) is 15.5. The van der Waals surface area contributed by atoms with Crippen LogP contribution in [0.3, 0.4) is 0 Å². The van der Waals surface area contributed by atoms with Gasteiger partial charge in [-0.2, -0.15) is 0 Å². The highest BCUT2D eigenvalue weighted by molar-refractivity contribution is 7.85. The van der Waals surface area contributed by atoms with Gasteiger partial charge in [0, 0.05) is 24.2 Å². The van der Waals surface area contributed by atoms with Gasteiger partial charge in [-0.3, -0.25) is 9.59 Å². The molecule has 0 aromatic rings. The van der Waals surface area contributed by atoms with Crippen molar-refractivity contribution in [1.82, 2.24) is 0 Å². The largest absolute Gasteiger partial charge is 0.299 e. The highest BCUT2D eigenvalue weighted by Crippen LogP contribution is 2.65. The maximum absolute atomic E-state index is 12.6. The van der Waals surface area contributed by atoms with Crippen molar-refractivity contribution < 1.29 is 9.59 Å². The molecule has 0 heterocycles. The average Bonchev–Trinajstić information content (AvgIpc) is 2.83. The number of carbonyl (C=O) groups is 2. The monoisotopic (exact) mass is 342 g/mol. The minimum absolute atomic E-state index is 0.0755. The summed E-state index contributed by atoms with van der Waals surface area (Å²) in [6.07, 6.45) is 8.32. The fourth-order valence-electron chi connectivity index (χ4n) is 6.74. The normalized spacial score (nSPS) is 47.0. The van der Waals surface area contributed by atoms with Crippen molar-refractivity contribution in [3.63, 3.8) is 0 Å². The van der Waals surface area contributed by atoms with E-state index in [1.54, 1.807) is 0 Å². The Balaban J connectivity index is 1.81. The van der Waals surface area contributed by atoms with Crippen LogP contribution in [0.5, 0.6) is 0 Å². The number of hydrogen-bond acceptors (Lipinski definition) is 3. The van der Waals surface area contributed by atoms with Crippen LogP contribution in [-0.2, 0) is 9.59 Å². The zero-order valence-electron chi connectivity index (χ0n) is 14.6. The van der Waals surface area contributed by atoms with Crippen molar-refractivity contribution in [2.24, 2.45) is 34.5 Å². The molecule has 3 heteroatoms. The predicted octanol–water partition coefficient (Wildman–Crippen LogP) is 4.20. The first kappa shape index (κ1) is 16.5. The number of fused-ring (bicyclic) bond motifs is 5. The molecule has 0 aliphatic heterocycles. The van der Waals surface area contributed by atoms with Crippen LogP contribution in [0.25, 0.3) is 0 Å². The van der Waals surface area contributed by atoms with Crippen LogP contribution in [0.15, 0.2) is 11.6 Å². The van der Waals surface area contributed by atoms with E-state index in [0.717, 1.165) is 38.5 Å². The van der Waals surface area contributed by atoms with Gasteiger partial charge in [0.15, 0.2) is 5.78 Å². The Labute approximate surface area is 150 Å². The van der Waals surface area contributed by atoms with Crippen molar-refractivity contribution in [2.45, 2.75) is 58.8 Å². The lowest BCUT2D eigenvalue weighted by Gasteiger charge is -2.58. The van der Waals surface area contributed by atoms with Crippen molar-refractivity contribution in [3.05, 3.63) is 11.6 Å². The molecule has 0 aromatic carbocycles. The summed E-state index contributed by atoms with van der Waals surface area (Å²) in [5.41, 5.74) is 1.23. The molecular formula is C21H26O2S. The molecule has 0 aromatic heterocycles. The van der Waals surface area contributed by atoms with Gasteiger partial charge in [-0.15, -0.1) is 0 Å². The van der Waals surface area contributed by atoms with Crippen LogP contribution in [0.4, 0.5) is 0 Å². The quantitative estimate of drug-likeness (QED) is 0.529. The lowest BCUT2D eigenvalue weighted by atomic mass is 9.44. The van der Waals surface area contributed by atoms with Crippen LogP contribution in [-0.4, -0.2) is 11.6 Å². The number of rotatable bonds is 0. The van der Waals surface area contributed by atoms with Crippen molar-refractivity contribution in [2.75, 3.05) is 0 Å². The Morgan fingerprint density at radius 2 is 1.92 bits per heavy atom. The van der Waals surface area contributed by atoms with Crippen molar-refractivity contribution in [3.8, 4) is 11.2 Å². The van der Waals surface area contributed by atoms with Gasteiger partial charge in [0.1, 0.15) is 5.78 Å². The van der Waals surface area contributed by atoms with Gasteiger partial charge in [-0.05, 0) is 66.6 Å². The first-order valence-corrected chi connectivity index (χ1v) is 9.76. The van der Waals surface area contributed by atoms with Crippen molar-refractivity contribution in [1.29, 1.82) is 0 Å². The van der Waals surface area contributed by atoms with E-state index < -0.39 is 0 Å². The lowest BCUT2D eigenvalue weighted by Crippen LogP contribution is -2.54. The van der Waals surface area contributed by atoms with E-state index in [-0.39, 0.29) is 22.5 Å². The number of carbonyl (C=O) groups excluding carboxylic acids is 2. The summed E-state index contributed by atoms with van der Waals surface area (Å²) in [6.45, 7) is 4.54. The molecule has 0 radical (unpaired) electrons. The number of hydrogen-bond donors (Lipinski definition) is 1. The van der Waals surface area contributed by atoms with Crippen LogP contribution in [0.2, 0.25) is 0 Å². The Morgan fingerprint density at radius 1 is 1.12 bits per heavy atom. The Morgan fingerprint density at radius 3 is 2.67 bits per heavy atom. The minimum atomic E-state index is -0.189. The van der Waals surface area contributed by atoms with Gasteiger partial charge in [0.05, 0.1) is 0 Å². The average molecular weight is 343 g/mol. The molecule has 0 spiro atoms. The van der Waals surface area contributed by atoms with Crippen LogP contribution >= 0.6 is 12.6 Å². The van der Waals surface area contributed by atoms with Gasteiger partial charge < -0.3 is 0 Å². The molecule has 4 rings (SSSR count). The molecule has 3 saturated carbocycles. The second-order valence-electron chi connectivity index (χ2n) is 8.83. The highest BCUT2D eigenvalue weighted by Gasteiger charge is 2.61. The molecule has 128 valence electrons. The number of Topliss-reactive ketones (excluding diaryl/α,β-unsaturated/α-hetero) is 1. The van der Waals surface area contributed by atoms with E-state index in [1.807, 2.05) is 6.08 Å². The molecule has 0 saturated heterocycles. The molecule has 0 amide bonds. The summed E-state index contributed by atoms with van der Waals surface area (Å²) < 4.78 is 0.